The Hall–Kier alpha value is -1.80. The maximum absolute atomic E-state index is 6.13. The second-order valence-corrected chi connectivity index (χ2v) is 5.11. The molecule has 0 spiro atoms. The van der Waals surface area contributed by atoms with Crippen molar-refractivity contribution in [3.63, 3.8) is 0 Å². The fourth-order valence-corrected chi connectivity index (χ4v) is 2.77. The third-order valence-electron chi connectivity index (χ3n) is 3.70. The maximum Gasteiger partial charge on any atom is 0.130 e. The van der Waals surface area contributed by atoms with Gasteiger partial charge in [-0.3, -0.25) is 0 Å². The first-order valence-corrected chi connectivity index (χ1v) is 6.78. The molecule has 19 heavy (non-hydrogen) atoms. The van der Waals surface area contributed by atoms with Crippen molar-refractivity contribution in [2.45, 2.75) is 19.4 Å². The van der Waals surface area contributed by atoms with Crippen LogP contribution in [0.4, 0.5) is 0 Å². The Kier molecular flexibility index (Phi) is 3.26. The van der Waals surface area contributed by atoms with Crippen molar-refractivity contribution < 1.29 is 4.74 Å². The smallest absolute Gasteiger partial charge is 0.130 e. The molecule has 1 aliphatic rings. The molecule has 1 heterocycles. The molecular weight excluding hydrogens is 234 g/mol. The summed E-state index contributed by atoms with van der Waals surface area (Å²) in [5.74, 6) is 1.07. The molecule has 3 rings (SSSR count). The summed E-state index contributed by atoms with van der Waals surface area (Å²) < 4.78 is 6.13. The van der Waals surface area contributed by atoms with Gasteiger partial charge in [-0.1, -0.05) is 42.5 Å². The van der Waals surface area contributed by atoms with E-state index in [0.717, 1.165) is 18.7 Å². The Morgan fingerprint density at radius 2 is 1.89 bits per heavy atom. The van der Waals surface area contributed by atoms with Gasteiger partial charge in [-0.25, -0.2) is 0 Å². The van der Waals surface area contributed by atoms with Crippen LogP contribution in [-0.2, 0) is 6.42 Å². The molecule has 1 N–H and O–H groups in total. The predicted molar refractivity (Wildman–Crippen MR) is 78.7 cm³/mol. The number of hydrogen-bond acceptors (Lipinski definition) is 2. The van der Waals surface area contributed by atoms with Crippen LogP contribution in [0.15, 0.2) is 42.5 Å². The average molecular weight is 253 g/mol. The van der Waals surface area contributed by atoms with Crippen LogP contribution in [0.3, 0.4) is 0 Å². The van der Waals surface area contributed by atoms with Gasteiger partial charge in [-0.2, -0.15) is 0 Å². The first-order valence-electron chi connectivity index (χ1n) is 6.78. The van der Waals surface area contributed by atoms with Crippen LogP contribution >= 0.6 is 0 Å². The number of aryl methyl sites for hydroxylation is 1. The summed E-state index contributed by atoms with van der Waals surface area (Å²) in [6.07, 6.45) is 1.25. The lowest BCUT2D eigenvalue weighted by Crippen LogP contribution is -2.27. The Morgan fingerprint density at radius 1 is 1.11 bits per heavy atom. The van der Waals surface area contributed by atoms with E-state index in [9.17, 15) is 0 Å². The van der Waals surface area contributed by atoms with Gasteiger partial charge in [0.15, 0.2) is 0 Å². The number of benzene rings is 2. The Bertz CT molecular complexity index is 592. The van der Waals surface area contributed by atoms with Gasteiger partial charge in [-0.15, -0.1) is 0 Å². The summed E-state index contributed by atoms with van der Waals surface area (Å²) in [6.45, 7) is 3.04. The third kappa shape index (κ3) is 2.24. The zero-order chi connectivity index (χ0) is 13.2. The van der Waals surface area contributed by atoms with Gasteiger partial charge in [0.2, 0.25) is 0 Å². The van der Waals surface area contributed by atoms with E-state index in [1.165, 1.54) is 22.3 Å². The molecule has 2 heteroatoms. The molecular formula is C17H19NO. The van der Waals surface area contributed by atoms with Crippen LogP contribution in [0.2, 0.25) is 0 Å². The predicted octanol–water partition coefficient (Wildman–Crippen LogP) is 3.18. The van der Waals surface area contributed by atoms with E-state index in [1.54, 1.807) is 0 Å². The summed E-state index contributed by atoms with van der Waals surface area (Å²) in [4.78, 5) is 0. The second kappa shape index (κ2) is 5.06. The molecule has 2 nitrogen and oxygen atoms in total. The van der Waals surface area contributed by atoms with E-state index in [4.69, 9.17) is 4.74 Å². The normalized spacial score (nSPS) is 17.1. The van der Waals surface area contributed by atoms with Crippen molar-refractivity contribution in [3.05, 3.63) is 53.6 Å². The zero-order valence-electron chi connectivity index (χ0n) is 11.4. The number of rotatable bonds is 3. The SMILES string of the molecule is CNC[C@H]1Cc2cccc(-c3ccccc3C)c2O1. The van der Waals surface area contributed by atoms with E-state index in [1.807, 2.05) is 7.05 Å². The molecule has 0 saturated heterocycles. The van der Waals surface area contributed by atoms with Gasteiger partial charge in [-0.05, 0) is 30.7 Å². The number of ether oxygens (including phenoxy) is 1. The van der Waals surface area contributed by atoms with Crippen molar-refractivity contribution in [2.75, 3.05) is 13.6 Å². The molecule has 1 aliphatic heterocycles. The quantitative estimate of drug-likeness (QED) is 0.907. The summed E-state index contributed by atoms with van der Waals surface area (Å²) >= 11 is 0. The molecule has 2 aromatic rings. The lowest BCUT2D eigenvalue weighted by molar-refractivity contribution is 0.232. The highest BCUT2D eigenvalue weighted by atomic mass is 16.5. The summed E-state index contributed by atoms with van der Waals surface area (Å²) in [6, 6.07) is 14.9. The van der Waals surface area contributed by atoms with Gasteiger partial charge in [0.05, 0.1) is 0 Å². The summed E-state index contributed by atoms with van der Waals surface area (Å²) in [5.41, 5.74) is 5.09. The Balaban J connectivity index is 2.03. The molecule has 0 amide bonds. The lowest BCUT2D eigenvalue weighted by atomic mass is 9.97. The minimum atomic E-state index is 0.255. The highest BCUT2D eigenvalue weighted by Gasteiger charge is 2.25. The van der Waals surface area contributed by atoms with E-state index >= 15 is 0 Å². The highest BCUT2D eigenvalue weighted by Crippen LogP contribution is 2.39. The second-order valence-electron chi connectivity index (χ2n) is 5.11. The van der Waals surface area contributed by atoms with Crippen LogP contribution in [0.5, 0.6) is 5.75 Å². The van der Waals surface area contributed by atoms with Crippen molar-refractivity contribution in [1.29, 1.82) is 0 Å². The van der Waals surface area contributed by atoms with Crippen molar-refractivity contribution >= 4 is 0 Å². The highest BCUT2D eigenvalue weighted by molar-refractivity contribution is 5.75. The van der Waals surface area contributed by atoms with Crippen molar-refractivity contribution in [2.24, 2.45) is 0 Å². The van der Waals surface area contributed by atoms with Crippen molar-refractivity contribution in [1.82, 2.24) is 5.32 Å². The maximum atomic E-state index is 6.13. The van der Waals surface area contributed by atoms with Crippen LogP contribution in [0.1, 0.15) is 11.1 Å². The molecule has 0 unspecified atom stereocenters. The summed E-state index contributed by atoms with van der Waals surface area (Å²) in [5, 5.41) is 3.19. The van der Waals surface area contributed by atoms with E-state index in [2.05, 4.69) is 54.7 Å². The van der Waals surface area contributed by atoms with Gasteiger partial charge in [0.1, 0.15) is 11.9 Å². The monoisotopic (exact) mass is 253 g/mol. The topological polar surface area (TPSA) is 21.3 Å². The van der Waals surface area contributed by atoms with Crippen LogP contribution in [0.25, 0.3) is 11.1 Å². The molecule has 0 fully saturated rings. The Morgan fingerprint density at radius 3 is 2.68 bits per heavy atom. The molecule has 2 aromatic carbocycles. The minimum Gasteiger partial charge on any atom is -0.488 e. The largest absolute Gasteiger partial charge is 0.488 e. The van der Waals surface area contributed by atoms with E-state index in [-0.39, 0.29) is 6.10 Å². The molecule has 1 atom stereocenters. The van der Waals surface area contributed by atoms with Gasteiger partial charge >= 0.3 is 0 Å². The molecule has 0 aliphatic carbocycles. The van der Waals surface area contributed by atoms with Crippen LogP contribution < -0.4 is 10.1 Å². The number of hydrogen-bond donors (Lipinski definition) is 1. The minimum absolute atomic E-state index is 0.255. The standard InChI is InChI=1S/C17H19NO/c1-12-6-3-4-8-15(12)16-9-5-7-13-10-14(11-18-2)19-17(13)16/h3-9,14,18H,10-11H2,1-2H3/t14-/m1/s1. The first kappa shape index (κ1) is 12.2. The molecule has 98 valence electrons. The molecule has 0 radical (unpaired) electrons. The molecule has 0 aromatic heterocycles. The number of likely N-dealkylation sites (N-methyl/N-ethyl adjacent to an activating group) is 1. The average Bonchev–Trinajstić information content (AvgIpc) is 2.82. The number of fused-ring (bicyclic) bond motifs is 1. The third-order valence-corrected chi connectivity index (χ3v) is 3.70. The fourth-order valence-electron chi connectivity index (χ4n) is 2.77. The van der Waals surface area contributed by atoms with Crippen molar-refractivity contribution in [3.8, 4) is 16.9 Å². The first-order chi connectivity index (χ1) is 9.29. The van der Waals surface area contributed by atoms with Crippen LogP contribution in [0, 0.1) is 6.92 Å². The lowest BCUT2D eigenvalue weighted by Gasteiger charge is -2.13. The number of para-hydroxylation sites is 1. The zero-order valence-corrected chi connectivity index (χ0v) is 11.4. The van der Waals surface area contributed by atoms with Gasteiger partial charge in [0, 0.05) is 18.5 Å². The molecule has 0 saturated carbocycles. The Labute approximate surface area is 114 Å². The number of nitrogens with one attached hydrogen (secondary N) is 1. The molecule has 0 bridgehead atoms. The van der Waals surface area contributed by atoms with Crippen LogP contribution in [-0.4, -0.2) is 19.7 Å². The summed E-state index contributed by atoms with van der Waals surface area (Å²) in [7, 11) is 1.97. The van der Waals surface area contributed by atoms with Gasteiger partial charge < -0.3 is 10.1 Å². The van der Waals surface area contributed by atoms with E-state index in [0.29, 0.717) is 0 Å². The fraction of sp³-hybridized carbons (Fsp3) is 0.294. The van der Waals surface area contributed by atoms with E-state index < -0.39 is 0 Å². The van der Waals surface area contributed by atoms with Gasteiger partial charge in [0.25, 0.3) is 0 Å².